The Bertz CT molecular complexity index is 892. The van der Waals surface area contributed by atoms with Crippen molar-refractivity contribution in [3.8, 4) is 5.95 Å². The van der Waals surface area contributed by atoms with Gasteiger partial charge >= 0.3 is 5.95 Å². The van der Waals surface area contributed by atoms with Gasteiger partial charge in [-0.1, -0.05) is 18.2 Å². The van der Waals surface area contributed by atoms with Crippen LogP contribution in [0, 0.1) is 5.82 Å². The normalized spacial score (nSPS) is 21.3. The second-order valence-corrected chi connectivity index (χ2v) is 6.18. The summed E-state index contributed by atoms with van der Waals surface area (Å²) < 4.78 is 25.2. The highest BCUT2D eigenvalue weighted by atomic mass is 19.1. The average molecular weight is 369 g/mol. The third-order valence-corrected chi connectivity index (χ3v) is 4.37. The Morgan fingerprint density at radius 1 is 1.37 bits per heavy atom. The second kappa shape index (κ2) is 7.61. The van der Waals surface area contributed by atoms with Crippen molar-refractivity contribution in [2.75, 3.05) is 6.61 Å². The SMILES string of the molecule is CCOc1cnc(C2CC(C3N=CC=CN3)=NN2Cc2ccccc2F)o1. The molecule has 0 aliphatic carbocycles. The number of hydrazone groups is 1. The van der Waals surface area contributed by atoms with Gasteiger partial charge < -0.3 is 14.5 Å². The summed E-state index contributed by atoms with van der Waals surface area (Å²) in [4.78, 5) is 8.74. The van der Waals surface area contributed by atoms with E-state index in [9.17, 15) is 4.39 Å². The first kappa shape index (κ1) is 17.3. The molecular weight excluding hydrogens is 349 g/mol. The third-order valence-electron chi connectivity index (χ3n) is 4.37. The Hall–Kier alpha value is -3.16. The molecule has 0 spiro atoms. The lowest BCUT2D eigenvalue weighted by atomic mass is 10.1. The van der Waals surface area contributed by atoms with Gasteiger partial charge in [-0.15, -0.1) is 0 Å². The Balaban J connectivity index is 1.60. The standard InChI is InChI=1S/C19H20FN5O2/c1-2-26-17-11-23-19(27-17)16-10-15(18-21-8-5-9-22-18)24-25(16)12-13-6-3-4-7-14(13)20/h3-9,11,16,18,21H,2,10,12H2,1H3. The van der Waals surface area contributed by atoms with Crippen LogP contribution in [0.2, 0.25) is 0 Å². The molecule has 8 heteroatoms. The topological polar surface area (TPSA) is 75.2 Å². The molecule has 2 aliphatic rings. The fourth-order valence-electron chi connectivity index (χ4n) is 3.09. The summed E-state index contributed by atoms with van der Waals surface area (Å²) in [5.41, 5.74) is 1.40. The van der Waals surface area contributed by atoms with Crippen LogP contribution in [0.3, 0.4) is 0 Å². The number of nitrogens with one attached hydrogen (secondary N) is 1. The number of aromatic nitrogens is 1. The van der Waals surface area contributed by atoms with Gasteiger partial charge in [0.05, 0.1) is 18.9 Å². The molecule has 0 amide bonds. The Kier molecular flexibility index (Phi) is 4.86. The molecule has 2 unspecified atom stereocenters. The summed E-state index contributed by atoms with van der Waals surface area (Å²) in [6.45, 7) is 2.68. The summed E-state index contributed by atoms with van der Waals surface area (Å²) in [5, 5.41) is 9.66. The zero-order valence-electron chi connectivity index (χ0n) is 14.9. The fourth-order valence-corrected chi connectivity index (χ4v) is 3.09. The predicted octanol–water partition coefficient (Wildman–Crippen LogP) is 3.03. The second-order valence-electron chi connectivity index (χ2n) is 6.18. The van der Waals surface area contributed by atoms with E-state index in [0.29, 0.717) is 37.0 Å². The molecule has 2 atom stereocenters. The average Bonchev–Trinajstić information content (AvgIpc) is 3.32. The highest BCUT2D eigenvalue weighted by Crippen LogP contribution is 2.34. The molecule has 1 aromatic carbocycles. The van der Waals surface area contributed by atoms with Gasteiger partial charge in [0.2, 0.25) is 5.89 Å². The van der Waals surface area contributed by atoms with E-state index in [2.05, 4.69) is 15.3 Å². The molecular formula is C19H20FN5O2. The number of rotatable bonds is 6. The van der Waals surface area contributed by atoms with Crippen LogP contribution in [0.4, 0.5) is 4.39 Å². The van der Waals surface area contributed by atoms with Crippen molar-refractivity contribution >= 4 is 11.9 Å². The van der Waals surface area contributed by atoms with Crippen molar-refractivity contribution < 1.29 is 13.5 Å². The molecule has 3 heterocycles. The molecule has 7 nitrogen and oxygen atoms in total. The maximum atomic E-state index is 14.1. The number of nitrogens with zero attached hydrogens (tertiary/aromatic N) is 4. The number of benzene rings is 1. The van der Waals surface area contributed by atoms with E-state index in [1.54, 1.807) is 29.6 Å². The van der Waals surface area contributed by atoms with Gasteiger partial charge in [-0.05, 0) is 25.3 Å². The maximum Gasteiger partial charge on any atom is 0.305 e. The zero-order valence-corrected chi connectivity index (χ0v) is 14.9. The first-order valence-electron chi connectivity index (χ1n) is 8.85. The van der Waals surface area contributed by atoms with E-state index in [-0.39, 0.29) is 18.0 Å². The number of halogens is 1. The predicted molar refractivity (Wildman–Crippen MR) is 99.0 cm³/mol. The van der Waals surface area contributed by atoms with Crippen LogP contribution in [-0.4, -0.2) is 34.7 Å². The van der Waals surface area contributed by atoms with Crippen LogP contribution < -0.4 is 10.1 Å². The minimum atomic E-state index is -0.265. The molecule has 0 bridgehead atoms. The van der Waals surface area contributed by atoms with E-state index in [1.165, 1.54) is 6.07 Å². The lowest BCUT2D eigenvalue weighted by Gasteiger charge is -2.21. The lowest BCUT2D eigenvalue weighted by Crippen LogP contribution is -2.32. The van der Waals surface area contributed by atoms with Crippen molar-refractivity contribution in [1.82, 2.24) is 15.3 Å². The third kappa shape index (κ3) is 3.69. The van der Waals surface area contributed by atoms with E-state index in [0.717, 1.165) is 5.71 Å². The molecule has 1 N–H and O–H groups in total. The monoisotopic (exact) mass is 369 g/mol. The van der Waals surface area contributed by atoms with Crippen molar-refractivity contribution in [3.63, 3.8) is 0 Å². The molecule has 4 rings (SSSR count). The summed E-state index contributed by atoms with van der Waals surface area (Å²) in [5.74, 6) is 0.589. The van der Waals surface area contributed by atoms with Crippen LogP contribution in [0.25, 0.3) is 0 Å². The molecule has 0 saturated heterocycles. The van der Waals surface area contributed by atoms with E-state index < -0.39 is 0 Å². The van der Waals surface area contributed by atoms with Crippen LogP contribution in [0.5, 0.6) is 5.95 Å². The lowest BCUT2D eigenvalue weighted by molar-refractivity contribution is 0.175. The quantitative estimate of drug-likeness (QED) is 0.847. The number of allylic oxidation sites excluding steroid dienone is 1. The summed E-state index contributed by atoms with van der Waals surface area (Å²) >= 11 is 0. The van der Waals surface area contributed by atoms with Gasteiger partial charge in [0.25, 0.3) is 0 Å². The molecule has 0 radical (unpaired) electrons. The number of aliphatic imine (C=N–C) groups is 1. The van der Waals surface area contributed by atoms with Crippen LogP contribution in [0.1, 0.15) is 30.8 Å². The fraction of sp³-hybridized carbons (Fsp3) is 0.316. The van der Waals surface area contributed by atoms with Gasteiger partial charge in [-0.25, -0.2) is 9.37 Å². The molecule has 0 fully saturated rings. The van der Waals surface area contributed by atoms with Crippen LogP contribution in [0.15, 0.2) is 57.2 Å². The summed E-state index contributed by atoms with van der Waals surface area (Å²) in [6, 6.07) is 6.42. The first-order valence-corrected chi connectivity index (χ1v) is 8.85. The molecule has 1 aromatic heterocycles. The number of ether oxygens (including phenoxy) is 1. The van der Waals surface area contributed by atoms with Gasteiger partial charge in [-0.3, -0.25) is 10.0 Å². The minimum absolute atomic E-state index is 0.246. The largest absolute Gasteiger partial charge is 0.464 e. The van der Waals surface area contributed by atoms with Crippen molar-refractivity contribution in [1.29, 1.82) is 0 Å². The number of hydrogen-bond donors (Lipinski definition) is 1. The molecule has 2 aromatic rings. The Morgan fingerprint density at radius 3 is 3.04 bits per heavy atom. The molecule has 0 saturated carbocycles. The van der Waals surface area contributed by atoms with Gasteiger partial charge in [0.1, 0.15) is 18.1 Å². The summed E-state index contributed by atoms with van der Waals surface area (Å²) in [7, 11) is 0. The molecule has 140 valence electrons. The highest BCUT2D eigenvalue weighted by molar-refractivity contribution is 5.93. The van der Waals surface area contributed by atoms with E-state index >= 15 is 0 Å². The van der Waals surface area contributed by atoms with Crippen molar-refractivity contribution in [2.45, 2.75) is 32.1 Å². The maximum absolute atomic E-state index is 14.1. The van der Waals surface area contributed by atoms with E-state index in [4.69, 9.17) is 14.3 Å². The zero-order chi connectivity index (χ0) is 18.6. The van der Waals surface area contributed by atoms with Crippen molar-refractivity contribution in [3.05, 3.63) is 60.0 Å². The van der Waals surface area contributed by atoms with Gasteiger partial charge in [-0.2, -0.15) is 5.10 Å². The number of hydrogen-bond acceptors (Lipinski definition) is 7. The van der Waals surface area contributed by atoms with Gasteiger partial charge in [0, 0.05) is 18.2 Å². The van der Waals surface area contributed by atoms with Gasteiger partial charge in [0.15, 0.2) is 6.17 Å². The highest BCUT2D eigenvalue weighted by Gasteiger charge is 2.35. The Labute approximate surface area is 156 Å². The molecule has 2 aliphatic heterocycles. The van der Waals surface area contributed by atoms with Crippen molar-refractivity contribution in [2.24, 2.45) is 10.1 Å². The molecule has 27 heavy (non-hydrogen) atoms. The Morgan fingerprint density at radius 2 is 2.26 bits per heavy atom. The van der Waals surface area contributed by atoms with Crippen LogP contribution in [-0.2, 0) is 6.54 Å². The number of oxazole rings is 1. The smallest absolute Gasteiger partial charge is 0.305 e. The minimum Gasteiger partial charge on any atom is -0.464 e. The first-order chi connectivity index (χ1) is 13.2. The van der Waals surface area contributed by atoms with E-state index in [1.807, 2.05) is 25.3 Å². The van der Waals surface area contributed by atoms with Crippen LogP contribution >= 0.6 is 0 Å². The summed E-state index contributed by atoms with van der Waals surface area (Å²) in [6.07, 6.45) is 7.26.